The Labute approximate surface area is 281 Å². The number of carbonyl (C=O) groups is 2. The van der Waals surface area contributed by atoms with E-state index < -0.39 is 90.0 Å². The summed E-state index contributed by atoms with van der Waals surface area (Å²) in [5.41, 5.74) is -3.57. The summed E-state index contributed by atoms with van der Waals surface area (Å²) in [7, 11) is 1.88. The molecule has 3 saturated heterocycles. The number of Topliss-reactive ketones (excluding diaryl/α,β-unsaturated/α-hetero) is 1. The lowest BCUT2D eigenvalue weighted by Gasteiger charge is -2.47. The molecule has 3 aliphatic heterocycles. The van der Waals surface area contributed by atoms with Crippen molar-refractivity contribution < 1.29 is 53.7 Å². The first-order valence-electron chi connectivity index (χ1n) is 17.6. The van der Waals surface area contributed by atoms with Crippen LogP contribution in [0, 0.1) is 29.6 Å². The smallest absolute Gasteiger partial charge is 0.311 e. The van der Waals surface area contributed by atoms with Gasteiger partial charge in [-0.25, -0.2) is 0 Å². The molecule has 12 heteroatoms. The maximum atomic E-state index is 13.9. The lowest BCUT2D eigenvalue weighted by Crippen LogP contribution is -2.58. The van der Waals surface area contributed by atoms with Crippen LogP contribution in [0.3, 0.4) is 0 Å². The molecule has 0 saturated carbocycles. The summed E-state index contributed by atoms with van der Waals surface area (Å²) in [6, 6.07) is 0.120. The Morgan fingerprint density at radius 1 is 0.894 bits per heavy atom. The van der Waals surface area contributed by atoms with Gasteiger partial charge in [-0.2, -0.15) is 0 Å². The number of aliphatic hydroxyl groups is 4. The number of cyclic esters (lactones) is 1. The molecule has 3 heterocycles. The molecule has 0 bridgehead atoms. The highest BCUT2D eigenvalue weighted by atomic mass is 16.7. The second-order valence-corrected chi connectivity index (χ2v) is 15.3. The number of carbonyl (C=O) groups excluding carboxylic acids is 2. The molecule has 17 atom stereocenters. The fraction of sp³-hybridized carbons (Fsp3) is 0.943. The number of esters is 1. The van der Waals surface area contributed by atoms with E-state index >= 15 is 0 Å². The van der Waals surface area contributed by atoms with Crippen LogP contribution < -0.4 is 5.32 Å². The van der Waals surface area contributed by atoms with Crippen molar-refractivity contribution in [1.82, 2.24) is 5.32 Å². The first kappa shape index (κ1) is 40.2. The Hall–Kier alpha value is -1.22. The molecular formula is C35H63NO11. The molecule has 0 aliphatic carbocycles. The average Bonchev–Trinajstić information content (AvgIpc) is 3.00. The van der Waals surface area contributed by atoms with Crippen molar-refractivity contribution in [3.05, 3.63) is 0 Å². The summed E-state index contributed by atoms with van der Waals surface area (Å²) in [6.07, 6.45) is -5.52. The van der Waals surface area contributed by atoms with Gasteiger partial charge in [-0.3, -0.25) is 9.59 Å². The molecule has 3 aliphatic rings. The summed E-state index contributed by atoms with van der Waals surface area (Å²) < 4.78 is 31.4. The molecule has 0 aromatic rings. The van der Waals surface area contributed by atoms with E-state index in [0.29, 0.717) is 12.8 Å². The van der Waals surface area contributed by atoms with E-state index in [-0.39, 0.29) is 36.7 Å². The van der Waals surface area contributed by atoms with Gasteiger partial charge in [-0.1, -0.05) is 34.6 Å². The summed E-state index contributed by atoms with van der Waals surface area (Å²) in [5.74, 6) is -4.52. The van der Waals surface area contributed by atoms with Crippen LogP contribution in [-0.2, 0) is 33.3 Å². The second kappa shape index (κ2) is 16.2. The molecule has 274 valence electrons. The highest BCUT2D eigenvalue weighted by Crippen LogP contribution is 2.39. The molecule has 5 N–H and O–H groups in total. The van der Waals surface area contributed by atoms with E-state index in [9.17, 15) is 30.0 Å². The summed E-state index contributed by atoms with van der Waals surface area (Å²) in [5, 5.41) is 48.8. The molecule has 3 fully saturated rings. The van der Waals surface area contributed by atoms with E-state index in [1.165, 1.54) is 13.8 Å². The first-order chi connectivity index (χ1) is 21.7. The van der Waals surface area contributed by atoms with Gasteiger partial charge in [0.15, 0.2) is 12.6 Å². The number of ketones is 1. The highest BCUT2D eigenvalue weighted by molar-refractivity contribution is 5.83. The Bertz CT molecular complexity index is 1030. The maximum Gasteiger partial charge on any atom is 0.311 e. The Morgan fingerprint density at radius 2 is 1.51 bits per heavy atom. The van der Waals surface area contributed by atoms with E-state index in [4.69, 9.17) is 23.7 Å². The lowest BCUT2D eigenvalue weighted by atomic mass is 9.74. The van der Waals surface area contributed by atoms with Crippen molar-refractivity contribution in [2.75, 3.05) is 7.05 Å². The predicted octanol–water partition coefficient (Wildman–Crippen LogP) is 2.70. The van der Waals surface area contributed by atoms with Crippen LogP contribution >= 0.6 is 0 Å². The minimum absolute atomic E-state index is 0.0271. The van der Waals surface area contributed by atoms with Gasteiger partial charge < -0.3 is 49.4 Å². The Kier molecular flexibility index (Phi) is 13.9. The largest absolute Gasteiger partial charge is 0.459 e. The zero-order valence-corrected chi connectivity index (χ0v) is 30.3. The summed E-state index contributed by atoms with van der Waals surface area (Å²) in [6.45, 7) is 17.1. The number of nitrogens with one attached hydrogen (secondary N) is 1. The number of hydrogen-bond acceptors (Lipinski definition) is 12. The van der Waals surface area contributed by atoms with Crippen LogP contribution in [-0.4, -0.2) is 112 Å². The minimum atomic E-state index is -1.94. The number of rotatable bonds is 6. The van der Waals surface area contributed by atoms with Crippen molar-refractivity contribution in [3.8, 4) is 0 Å². The van der Waals surface area contributed by atoms with Gasteiger partial charge >= 0.3 is 5.97 Å². The van der Waals surface area contributed by atoms with Gasteiger partial charge in [0.2, 0.25) is 0 Å². The average molecular weight is 674 g/mol. The molecule has 0 aromatic carbocycles. The van der Waals surface area contributed by atoms with Gasteiger partial charge in [0.1, 0.15) is 17.5 Å². The molecule has 47 heavy (non-hydrogen) atoms. The van der Waals surface area contributed by atoms with Crippen LogP contribution in [0.15, 0.2) is 0 Å². The van der Waals surface area contributed by atoms with Gasteiger partial charge in [0.25, 0.3) is 0 Å². The maximum absolute atomic E-state index is 13.9. The third kappa shape index (κ3) is 9.32. The Balaban J connectivity index is 2.12. The quantitative estimate of drug-likeness (QED) is 0.262. The standard InChI is InChI=1S/C35H63NO11/c1-12-25-35(10,42)31(39)20(5)28(37)18(3)16-34(9,41)32(47-27-15-24(36-11)14-19(4)43-27)21(6)30(22(7)33(40)45-25)46-26-13-17(2)29(38)23(8)44-26/h17-27,29-32,36,38-39,41-42H,12-16H2,1-11H3/t17-,18+,19+,20-,21-,22+,23-,24-,25+,26-,27-,29+,30-,31+,32+,34+,35+/m0/s1. The fourth-order valence-corrected chi connectivity index (χ4v) is 7.97. The van der Waals surface area contributed by atoms with Crippen LogP contribution in [0.4, 0.5) is 0 Å². The van der Waals surface area contributed by atoms with Crippen molar-refractivity contribution in [2.24, 2.45) is 29.6 Å². The minimum Gasteiger partial charge on any atom is -0.459 e. The van der Waals surface area contributed by atoms with Crippen LogP contribution in [0.25, 0.3) is 0 Å². The fourth-order valence-electron chi connectivity index (χ4n) is 7.97. The summed E-state index contributed by atoms with van der Waals surface area (Å²) in [4.78, 5) is 27.6. The van der Waals surface area contributed by atoms with Gasteiger partial charge in [0.05, 0.1) is 48.1 Å². The van der Waals surface area contributed by atoms with Crippen molar-refractivity contribution >= 4 is 11.8 Å². The van der Waals surface area contributed by atoms with E-state index in [0.717, 1.165) is 6.42 Å². The summed E-state index contributed by atoms with van der Waals surface area (Å²) >= 11 is 0. The molecule has 3 rings (SSSR count). The van der Waals surface area contributed by atoms with Crippen LogP contribution in [0.2, 0.25) is 0 Å². The number of ether oxygens (including phenoxy) is 5. The Morgan fingerprint density at radius 3 is 2.09 bits per heavy atom. The first-order valence-corrected chi connectivity index (χ1v) is 17.6. The van der Waals surface area contributed by atoms with Crippen LogP contribution in [0.1, 0.15) is 101 Å². The third-order valence-electron chi connectivity index (χ3n) is 11.0. The van der Waals surface area contributed by atoms with Gasteiger partial charge in [-0.05, 0) is 66.8 Å². The zero-order chi connectivity index (χ0) is 35.6. The molecular weight excluding hydrogens is 610 g/mol. The van der Waals surface area contributed by atoms with E-state index in [1.807, 2.05) is 27.8 Å². The van der Waals surface area contributed by atoms with Crippen molar-refractivity contribution in [1.29, 1.82) is 0 Å². The van der Waals surface area contributed by atoms with E-state index in [1.54, 1.807) is 34.6 Å². The molecule has 0 spiro atoms. The highest BCUT2D eigenvalue weighted by Gasteiger charge is 2.51. The predicted molar refractivity (Wildman–Crippen MR) is 174 cm³/mol. The normalized spacial score (nSPS) is 49.6. The second-order valence-electron chi connectivity index (χ2n) is 15.3. The molecule has 0 radical (unpaired) electrons. The molecule has 0 amide bonds. The van der Waals surface area contributed by atoms with Crippen molar-refractivity contribution in [2.45, 2.75) is 174 Å². The topological polar surface area (TPSA) is 173 Å². The van der Waals surface area contributed by atoms with Crippen LogP contribution in [0.5, 0.6) is 0 Å². The molecule has 0 aromatic heterocycles. The number of aliphatic hydroxyl groups excluding tert-OH is 2. The van der Waals surface area contributed by atoms with Gasteiger partial charge in [-0.15, -0.1) is 0 Å². The third-order valence-corrected chi connectivity index (χ3v) is 11.0. The monoisotopic (exact) mass is 673 g/mol. The van der Waals surface area contributed by atoms with Crippen molar-refractivity contribution in [3.63, 3.8) is 0 Å². The lowest BCUT2D eigenvalue weighted by molar-refractivity contribution is -0.289. The zero-order valence-electron chi connectivity index (χ0n) is 30.3. The number of hydrogen-bond donors (Lipinski definition) is 5. The van der Waals surface area contributed by atoms with Gasteiger partial charge in [0, 0.05) is 36.6 Å². The molecule has 0 unspecified atom stereocenters. The SMILES string of the molecule is CC[C@H]1OC(=O)[C@H](C)[C@@H](O[C@H]2C[C@H](C)[C@@H](O)[C@H](C)O2)[C@H](C)[C@@H](O[C@H]2C[C@@H](NC)C[C@@H](C)O2)[C@](C)(O)C[C@@H](C)C(=O)[C@H](C)[C@@H](O)[C@]1(C)O. The molecule has 12 nitrogen and oxygen atoms in total. The van der Waals surface area contributed by atoms with E-state index in [2.05, 4.69) is 5.32 Å².